The summed E-state index contributed by atoms with van der Waals surface area (Å²) >= 11 is 4.81. The Morgan fingerprint density at radius 2 is 1.93 bits per heavy atom. The zero-order valence-electron chi connectivity index (χ0n) is 17.8. The number of benzene rings is 1. The second kappa shape index (κ2) is 11.0. The third kappa shape index (κ3) is 6.44. The van der Waals surface area contributed by atoms with Gasteiger partial charge in [0.2, 0.25) is 5.91 Å². The first-order chi connectivity index (χ1) is 13.8. The molecule has 0 spiro atoms. The SMILES string of the molecule is CCCC(Sc1nc(C)c(Cc2ccc(Br)cc2)c(=O)n1C)C(=O)NC(C)CC. The van der Waals surface area contributed by atoms with Crippen LogP contribution in [0.2, 0.25) is 0 Å². The molecule has 5 nitrogen and oxygen atoms in total. The maximum atomic E-state index is 13.0. The molecule has 0 radical (unpaired) electrons. The Labute approximate surface area is 185 Å². The van der Waals surface area contributed by atoms with Crippen LogP contribution in [0.25, 0.3) is 0 Å². The largest absolute Gasteiger partial charge is 0.353 e. The van der Waals surface area contributed by atoms with Gasteiger partial charge in [-0.25, -0.2) is 4.98 Å². The second-order valence-corrected chi connectivity index (χ2v) is 9.42. The highest BCUT2D eigenvalue weighted by Crippen LogP contribution is 2.25. The molecule has 1 amide bonds. The van der Waals surface area contributed by atoms with Gasteiger partial charge in [-0.05, 0) is 44.4 Å². The summed E-state index contributed by atoms with van der Waals surface area (Å²) in [6.07, 6.45) is 3.05. The van der Waals surface area contributed by atoms with Gasteiger partial charge in [-0.3, -0.25) is 14.2 Å². The molecular weight excluding hydrogens is 450 g/mol. The van der Waals surface area contributed by atoms with Crippen molar-refractivity contribution in [2.75, 3.05) is 0 Å². The van der Waals surface area contributed by atoms with Crippen LogP contribution in [-0.4, -0.2) is 26.8 Å². The summed E-state index contributed by atoms with van der Waals surface area (Å²) < 4.78 is 2.58. The fourth-order valence-corrected chi connectivity index (χ4v) is 4.39. The summed E-state index contributed by atoms with van der Waals surface area (Å²) in [5.41, 5.74) is 2.42. The molecule has 2 atom stereocenters. The molecule has 0 aliphatic heterocycles. The predicted molar refractivity (Wildman–Crippen MR) is 124 cm³/mol. The van der Waals surface area contributed by atoms with E-state index in [2.05, 4.69) is 33.2 Å². The summed E-state index contributed by atoms with van der Waals surface area (Å²) in [6.45, 7) is 7.98. The molecule has 158 valence electrons. The molecular formula is C22H30BrN3O2S. The average molecular weight is 480 g/mol. The molecule has 1 heterocycles. The fourth-order valence-electron chi connectivity index (χ4n) is 2.92. The van der Waals surface area contributed by atoms with Crippen LogP contribution >= 0.6 is 27.7 Å². The van der Waals surface area contributed by atoms with E-state index < -0.39 is 0 Å². The van der Waals surface area contributed by atoms with Gasteiger partial charge in [-0.2, -0.15) is 0 Å². The van der Waals surface area contributed by atoms with Crippen molar-refractivity contribution in [3.05, 3.63) is 55.9 Å². The number of carbonyl (C=O) groups excluding carboxylic acids is 1. The van der Waals surface area contributed by atoms with Crippen LogP contribution in [0.5, 0.6) is 0 Å². The number of nitrogens with zero attached hydrogens (tertiary/aromatic N) is 2. The van der Waals surface area contributed by atoms with Crippen molar-refractivity contribution in [2.24, 2.45) is 7.05 Å². The number of hydrogen-bond acceptors (Lipinski definition) is 4. The lowest BCUT2D eigenvalue weighted by Crippen LogP contribution is -2.39. The molecule has 2 unspecified atom stereocenters. The maximum Gasteiger partial charge on any atom is 0.257 e. The minimum atomic E-state index is -0.260. The number of nitrogens with one attached hydrogen (secondary N) is 1. The van der Waals surface area contributed by atoms with Crippen LogP contribution in [0.1, 0.15) is 56.9 Å². The molecule has 2 aromatic rings. The lowest BCUT2D eigenvalue weighted by molar-refractivity contribution is -0.121. The summed E-state index contributed by atoms with van der Waals surface area (Å²) in [5.74, 6) is 0.0111. The molecule has 2 rings (SSSR count). The zero-order chi connectivity index (χ0) is 21.6. The van der Waals surface area contributed by atoms with Crippen molar-refractivity contribution in [3.8, 4) is 0 Å². The molecule has 0 saturated carbocycles. The van der Waals surface area contributed by atoms with Crippen LogP contribution < -0.4 is 10.9 Å². The van der Waals surface area contributed by atoms with Gasteiger partial charge in [0.1, 0.15) is 0 Å². The first-order valence-corrected chi connectivity index (χ1v) is 11.7. The van der Waals surface area contributed by atoms with Gasteiger partial charge in [-0.1, -0.05) is 60.1 Å². The monoisotopic (exact) mass is 479 g/mol. The summed E-state index contributed by atoms with van der Waals surface area (Å²) in [7, 11) is 1.73. The highest BCUT2D eigenvalue weighted by molar-refractivity contribution is 9.10. The highest BCUT2D eigenvalue weighted by Gasteiger charge is 2.23. The number of carbonyl (C=O) groups is 1. The standard InChI is InChI=1S/C22H30BrN3O2S/c1-6-8-19(20(27)24-14(3)7-2)29-22-25-15(4)18(21(28)26(22)5)13-16-9-11-17(23)12-10-16/h9-12,14,19H,6-8,13H2,1-5H3,(H,24,27). The van der Waals surface area contributed by atoms with Crippen LogP contribution in [0.3, 0.4) is 0 Å². The van der Waals surface area contributed by atoms with Gasteiger partial charge in [0, 0.05) is 35.2 Å². The number of aromatic nitrogens is 2. The lowest BCUT2D eigenvalue weighted by Gasteiger charge is -2.20. The number of rotatable bonds is 9. The Morgan fingerprint density at radius 3 is 2.52 bits per heavy atom. The van der Waals surface area contributed by atoms with Gasteiger partial charge >= 0.3 is 0 Å². The van der Waals surface area contributed by atoms with Crippen molar-refractivity contribution >= 4 is 33.6 Å². The van der Waals surface area contributed by atoms with Crippen LogP contribution in [0, 0.1) is 6.92 Å². The Balaban J connectivity index is 2.28. The lowest BCUT2D eigenvalue weighted by atomic mass is 10.1. The van der Waals surface area contributed by atoms with E-state index in [1.807, 2.05) is 45.0 Å². The molecule has 0 aliphatic rings. The number of halogens is 1. The van der Waals surface area contributed by atoms with Crippen LogP contribution in [0.15, 0.2) is 38.7 Å². The summed E-state index contributed by atoms with van der Waals surface area (Å²) in [6, 6.07) is 8.08. The maximum absolute atomic E-state index is 13.0. The molecule has 1 aromatic heterocycles. The second-order valence-electron chi connectivity index (χ2n) is 7.34. The van der Waals surface area contributed by atoms with Gasteiger partial charge in [0.05, 0.1) is 5.25 Å². The van der Waals surface area contributed by atoms with Crippen LogP contribution in [-0.2, 0) is 18.3 Å². The first-order valence-electron chi connectivity index (χ1n) is 10.0. The van der Waals surface area contributed by atoms with Crippen molar-refractivity contribution in [2.45, 2.75) is 69.8 Å². The molecule has 1 N–H and O–H groups in total. The minimum Gasteiger partial charge on any atom is -0.353 e. The Morgan fingerprint density at radius 1 is 1.28 bits per heavy atom. The topological polar surface area (TPSA) is 64.0 Å². The third-order valence-corrected chi connectivity index (χ3v) is 6.77. The molecule has 0 aliphatic carbocycles. The van der Waals surface area contributed by atoms with E-state index in [0.29, 0.717) is 17.1 Å². The average Bonchev–Trinajstić information content (AvgIpc) is 2.69. The number of amides is 1. The van der Waals surface area contributed by atoms with Crippen molar-refractivity contribution in [3.63, 3.8) is 0 Å². The van der Waals surface area contributed by atoms with E-state index in [9.17, 15) is 9.59 Å². The van der Waals surface area contributed by atoms with Crippen molar-refractivity contribution in [1.29, 1.82) is 0 Å². The Hall–Kier alpha value is -1.60. The zero-order valence-corrected chi connectivity index (χ0v) is 20.2. The van der Waals surface area contributed by atoms with E-state index in [-0.39, 0.29) is 22.8 Å². The quantitative estimate of drug-likeness (QED) is 0.420. The molecule has 0 bridgehead atoms. The minimum absolute atomic E-state index is 0.0111. The normalized spacial score (nSPS) is 13.2. The third-order valence-electron chi connectivity index (χ3n) is 4.94. The predicted octanol–water partition coefficient (Wildman–Crippen LogP) is 4.62. The summed E-state index contributed by atoms with van der Waals surface area (Å²) in [5, 5.41) is 3.38. The Bertz CT molecular complexity index is 896. The number of thioether (sulfide) groups is 1. The van der Waals surface area contributed by atoms with Crippen LogP contribution in [0.4, 0.5) is 0 Å². The van der Waals surface area contributed by atoms with Gasteiger partial charge in [0.25, 0.3) is 5.56 Å². The number of aryl methyl sites for hydroxylation is 1. The number of hydrogen-bond donors (Lipinski definition) is 1. The smallest absolute Gasteiger partial charge is 0.257 e. The van der Waals surface area contributed by atoms with E-state index in [0.717, 1.165) is 35.0 Å². The van der Waals surface area contributed by atoms with Gasteiger partial charge in [-0.15, -0.1) is 0 Å². The van der Waals surface area contributed by atoms with E-state index in [4.69, 9.17) is 0 Å². The van der Waals surface area contributed by atoms with E-state index >= 15 is 0 Å². The first kappa shape index (κ1) is 23.7. The summed E-state index contributed by atoms with van der Waals surface area (Å²) in [4.78, 5) is 30.4. The highest BCUT2D eigenvalue weighted by atomic mass is 79.9. The molecule has 7 heteroatoms. The van der Waals surface area contributed by atoms with E-state index in [1.165, 1.54) is 11.8 Å². The van der Waals surface area contributed by atoms with E-state index in [1.54, 1.807) is 11.6 Å². The molecule has 0 saturated heterocycles. The Kier molecular flexibility index (Phi) is 8.96. The molecule has 0 fully saturated rings. The molecule has 29 heavy (non-hydrogen) atoms. The van der Waals surface area contributed by atoms with Gasteiger partial charge < -0.3 is 5.32 Å². The fraction of sp³-hybridized carbons (Fsp3) is 0.500. The molecule has 1 aromatic carbocycles. The van der Waals surface area contributed by atoms with Crippen molar-refractivity contribution < 1.29 is 4.79 Å². The van der Waals surface area contributed by atoms with Crippen molar-refractivity contribution in [1.82, 2.24) is 14.9 Å². The van der Waals surface area contributed by atoms with Gasteiger partial charge in [0.15, 0.2) is 5.16 Å².